The smallest absolute Gasteiger partial charge is 0.323 e. The summed E-state index contributed by atoms with van der Waals surface area (Å²) >= 11 is 0. The molecule has 0 unspecified atom stereocenters. The maximum atomic E-state index is 13.0. The van der Waals surface area contributed by atoms with E-state index in [4.69, 9.17) is 39.9 Å². The molecule has 17 heteroatoms. The highest BCUT2D eigenvalue weighted by Crippen LogP contribution is 2.49. The van der Waals surface area contributed by atoms with Crippen molar-refractivity contribution in [3.63, 3.8) is 0 Å². The van der Waals surface area contributed by atoms with Crippen molar-refractivity contribution < 1.29 is 48.2 Å². The molecule has 16 nitrogen and oxygen atoms in total. The minimum absolute atomic E-state index is 0. The molecule has 0 saturated carbocycles. The topological polar surface area (TPSA) is 230 Å². The van der Waals surface area contributed by atoms with Gasteiger partial charge in [0.25, 0.3) is 0 Å². The molecule has 0 radical (unpaired) electrons. The summed E-state index contributed by atoms with van der Waals surface area (Å²) in [5.74, 6) is 2.29. The molecule has 12 rings (SSSR count). The fourth-order valence-corrected chi connectivity index (χ4v) is 11.0. The van der Waals surface area contributed by atoms with Crippen LogP contribution >= 0.6 is 12.4 Å². The van der Waals surface area contributed by atoms with Gasteiger partial charge in [-0.1, -0.05) is 146 Å². The van der Waals surface area contributed by atoms with Gasteiger partial charge < -0.3 is 71.4 Å². The summed E-state index contributed by atoms with van der Waals surface area (Å²) in [4.78, 5) is 26.1. The third-order valence-corrected chi connectivity index (χ3v) is 14.8. The van der Waals surface area contributed by atoms with Gasteiger partial charge in [0.15, 0.2) is 13.6 Å². The number of aliphatic hydroxyl groups is 2. The number of carbonyl (C=O) groups is 2. The van der Waals surface area contributed by atoms with Crippen molar-refractivity contribution in [1.82, 2.24) is 0 Å². The number of fused-ring (bicyclic) bond motifs is 4. The number of aliphatic hydroxyl groups excluding tert-OH is 2. The number of para-hydroxylation sites is 2. The molecule has 91 heavy (non-hydrogen) atoms. The Hall–Kier alpha value is -10.9. The number of halogens is 1. The molecular formula is C74H67ClN6O10. The van der Waals surface area contributed by atoms with Crippen LogP contribution in [0, 0.1) is 0 Å². The number of amides is 4. The standard InChI is InChI=1S/C44H38N4O6.C30H28N2O4.ClH/c1-52-28-54-42-32(26-49)24-31-13-9-11-19-38(31)41(42)40-37-18-10-8-12-30(37)20-21-39(40)53-27-29-22-35(47-43(50)45-33-14-4-2-5-15-33)25-36(23-29)48-44(51)46-34-16-6-3-7-17-34;1-34-18-36-30-22(16-33)14-21-7-3-5-9-26(21)29(30)28-25-8-4-2-6-20(25)10-11-27(28)35-17-19-12-23(31)15-24(32)13-19;/h2-25,49H,26-28H2,1H3,(H2,45,47,50)(H2,46,48,51);2-15,33H,16-18,31-32H2,1H3;1H. The van der Waals surface area contributed by atoms with Gasteiger partial charge in [0, 0.05) is 81.7 Å². The molecule has 0 saturated heterocycles. The van der Waals surface area contributed by atoms with Gasteiger partial charge in [0.05, 0.1) is 13.2 Å². The third-order valence-electron chi connectivity index (χ3n) is 14.8. The SMILES string of the molecule is COCOc1c(CO)cc2ccccc2c1-c1c(OCc2cc(N)cc(N)c2)ccc2ccccc12.COCOc1c(CO)cc2ccccc2c1-c1c(OCc2cc(NC(=O)Nc3ccccc3)cc(NC(=O)Nc3ccccc3)c2)ccc2ccccc12.Cl. The highest BCUT2D eigenvalue weighted by Gasteiger charge is 2.25. The Morgan fingerprint density at radius 2 is 0.725 bits per heavy atom. The minimum Gasteiger partial charge on any atom is -0.488 e. The van der Waals surface area contributed by atoms with E-state index in [2.05, 4.69) is 39.5 Å². The Labute approximate surface area is 532 Å². The molecule has 0 atom stereocenters. The highest BCUT2D eigenvalue weighted by molar-refractivity contribution is 6.12. The number of urea groups is 2. The highest BCUT2D eigenvalue weighted by atomic mass is 35.5. The van der Waals surface area contributed by atoms with Crippen LogP contribution in [0.5, 0.6) is 23.0 Å². The zero-order valence-electron chi connectivity index (χ0n) is 49.9. The summed E-state index contributed by atoms with van der Waals surface area (Å²) < 4.78 is 35.9. The number of benzene rings is 12. The number of carbonyl (C=O) groups excluding carboxylic acids is 2. The van der Waals surface area contributed by atoms with Gasteiger partial charge in [-0.3, -0.25) is 0 Å². The van der Waals surface area contributed by atoms with E-state index in [9.17, 15) is 19.8 Å². The van der Waals surface area contributed by atoms with Gasteiger partial charge in [0.2, 0.25) is 0 Å². The monoisotopic (exact) mass is 1230 g/mol. The molecule has 0 spiro atoms. The summed E-state index contributed by atoms with van der Waals surface area (Å²) in [5.41, 5.74) is 21.4. The van der Waals surface area contributed by atoms with Crippen LogP contribution in [0.3, 0.4) is 0 Å². The molecule has 0 aliphatic rings. The predicted molar refractivity (Wildman–Crippen MR) is 366 cm³/mol. The number of ether oxygens (including phenoxy) is 6. The molecule has 460 valence electrons. The van der Waals surface area contributed by atoms with E-state index < -0.39 is 12.1 Å². The van der Waals surface area contributed by atoms with Gasteiger partial charge in [-0.2, -0.15) is 0 Å². The fraction of sp³-hybridized carbons (Fsp3) is 0.108. The first-order chi connectivity index (χ1) is 44.1. The Kier molecular flexibility index (Phi) is 20.8. The number of methoxy groups -OCH3 is 2. The Morgan fingerprint density at radius 1 is 0.374 bits per heavy atom. The number of nitrogens with two attached hydrogens (primary N) is 2. The molecule has 0 aliphatic heterocycles. The number of hydrogen-bond acceptors (Lipinski definition) is 12. The Balaban J connectivity index is 0.000000214. The normalized spacial score (nSPS) is 10.9. The van der Waals surface area contributed by atoms with Gasteiger partial charge >= 0.3 is 12.1 Å². The van der Waals surface area contributed by atoms with Gasteiger partial charge in [-0.05, 0) is 139 Å². The van der Waals surface area contributed by atoms with E-state index in [-0.39, 0.29) is 52.4 Å². The fourth-order valence-electron chi connectivity index (χ4n) is 11.0. The lowest BCUT2D eigenvalue weighted by Crippen LogP contribution is -2.21. The van der Waals surface area contributed by atoms with Crippen LogP contribution in [-0.2, 0) is 35.9 Å². The largest absolute Gasteiger partial charge is 0.488 e. The number of anilines is 6. The number of rotatable bonds is 20. The van der Waals surface area contributed by atoms with E-state index in [1.54, 1.807) is 62.8 Å². The van der Waals surface area contributed by atoms with E-state index in [1.807, 2.05) is 164 Å². The summed E-state index contributed by atoms with van der Waals surface area (Å²) in [7, 11) is 3.12. The molecule has 0 aliphatic carbocycles. The van der Waals surface area contributed by atoms with Gasteiger partial charge in [0.1, 0.15) is 36.2 Å². The quantitative estimate of drug-likeness (QED) is 0.0263. The zero-order chi connectivity index (χ0) is 62.3. The summed E-state index contributed by atoms with van der Waals surface area (Å²) in [5, 5.41) is 40.0. The number of nitrogen functional groups attached to an aromatic ring is 2. The maximum absolute atomic E-state index is 13.0. The van der Waals surface area contributed by atoms with Gasteiger partial charge in [-0.25, -0.2) is 9.59 Å². The predicted octanol–water partition coefficient (Wildman–Crippen LogP) is 16.3. The molecule has 0 heterocycles. The van der Waals surface area contributed by atoms with Crippen molar-refractivity contribution in [3.05, 3.63) is 253 Å². The van der Waals surface area contributed by atoms with Crippen molar-refractivity contribution in [2.75, 3.05) is 60.5 Å². The van der Waals surface area contributed by atoms with Crippen molar-refractivity contribution in [3.8, 4) is 45.3 Å². The number of hydrogen-bond donors (Lipinski definition) is 8. The molecule has 12 aromatic carbocycles. The molecular weight excluding hydrogens is 1170 g/mol. The van der Waals surface area contributed by atoms with Crippen LogP contribution in [0.15, 0.2) is 231 Å². The maximum Gasteiger partial charge on any atom is 0.323 e. The second-order valence-corrected chi connectivity index (χ2v) is 21.1. The van der Waals surface area contributed by atoms with Crippen LogP contribution in [0.2, 0.25) is 0 Å². The van der Waals surface area contributed by atoms with Crippen LogP contribution in [-0.4, -0.2) is 50.1 Å². The lowest BCUT2D eigenvalue weighted by molar-refractivity contribution is 0.0498. The Morgan fingerprint density at radius 3 is 1.12 bits per heavy atom. The number of nitrogens with one attached hydrogen (secondary N) is 4. The minimum atomic E-state index is -0.449. The summed E-state index contributed by atoms with van der Waals surface area (Å²) in [6, 6.07) is 71.9. The van der Waals surface area contributed by atoms with Crippen molar-refractivity contribution in [1.29, 1.82) is 0 Å². The zero-order valence-corrected chi connectivity index (χ0v) is 50.7. The van der Waals surface area contributed by atoms with Crippen LogP contribution in [0.1, 0.15) is 22.3 Å². The first-order valence-electron chi connectivity index (χ1n) is 29.0. The van der Waals surface area contributed by atoms with E-state index in [0.717, 1.165) is 70.9 Å². The first-order valence-corrected chi connectivity index (χ1v) is 29.0. The van der Waals surface area contributed by atoms with E-state index in [1.165, 1.54) is 0 Å². The van der Waals surface area contributed by atoms with Crippen LogP contribution in [0.25, 0.3) is 65.3 Å². The van der Waals surface area contributed by atoms with Crippen molar-refractivity contribution in [2.24, 2.45) is 0 Å². The molecule has 0 bridgehead atoms. The first kappa shape index (κ1) is 63.2. The molecule has 0 aromatic heterocycles. The van der Waals surface area contributed by atoms with Crippen molar-refractivity contribution >= 4 is 102 Å². The lowest BCUT2D eigenvalue weighted by atomic mass is 9.90. The van der Waals surface area contributed by atoms with Crippen LogP contribution < -0.4 is 51.7 Å². The molecule has 4 amide bonds. The lowest BCUT2D eigenvalue weighted by Gasteiger charge is -2.21. The van der Waals surface area contributed by atoms with E-state index in [0.29, 0.717) is 73.8 Å². The summed E-state index contributed by atoms with van der Waals surface area (Å²) in [6.07, 6.45) is 0. The van der Waals surface area contributed by atoms with Gasteiger partial charge in [-0.15, -0.1) is 12.4 Å². The average Bonchev–Trinajstić information content (AvgIpc) is 0.834. The molecule has 0 fully saturated rings. The second-order valence-electron chi connectivity index (χ2n) is 21.1. The Bertz CT molecular complexity index is 4440. The van der Waals surface area contributed by atoms with Crippen LogP contribution in [0.4, 0.5) is 43.7 Å². The summed E-state index contributed by atoms with van der Waals surface area (Å²) in [6.45, 7) is -0.0511. The average molecular weight is 1240 g/mol. The third kappa shape index (κ3) is 15.0. The molecule has 10 N–H and O–H groups in total. The van der Waals surface area contributed by atoms with E-state index >= 15 is 0 Å². The second kappa shape index (κ2) is 29.9. The molecule has 12 aromatic rings. The van der Waals surface area contributed by atoms with Crippen molar-refractivity contribution in [2.45, 2.75) is 26.4 Å².